The van der Waals surface area contributed by atoms with E-state index in [2.05, 4.69) is 35.0 Å². The molecule has 0 aliphatic carbocycles. The third-order valence-electron chi connectivity index (χ3n) is 5.16. The summed E-state index contributed by atoms with van der Waals surface area (Å²) in [5.41, 5.74) is 2.39. The number of methoxy groups -OCH3 is 2. The summed E-state index contributed by atoms with van der Waals surface area (Å²) in [6.45, 7) is 4.19. The molecule has 0 fully saturated rings. The minimum absolute atomic E-state index is 0.266. The van der Waals surface area contributed by atoms with Gasteiger partial charge in [0.25, 0.3) is 0 Å². The zero-order valence-corrected chi connectivity index (χ0v) is 18.3. The van der Waals surface area contributed by atoms with Crippen molar-refractivity contribution in [2.24, 2.45) is 0 Å². The van der Waals surface area contributed by atoms with E-state index in [0.717, 1.165) is 31.1 Å². The minimum atomic E-state index is -0.566. The van der Waals surface area contributed by atoms with Crippen LogP contribution in [0.3, 0.4) is 0 Å². The third-order valence-corrected chi connectivity index (χ3v) is 5.16. The van der Waals surface area contributed by atoms with Gasteiger partial charge in [-0.15, -0.1) is 0 Å². The van der Waals surface area contributed by atoms with Crippen LogP contribution in [0.4, 0.5) is 0 Å². The molecule has 31 heavy (non-hydrogen) atoms. The summed E-state index contributed by atoms with van der Waals surface area (Å²) in [6, 6.07) is 16.0. The monoisotopic (exact) mass is 429 g/mol. The first-order chi connectivity index (χ1) is 15.2. The fourth-order valence-electron chi connectivity index (χ4n) is 3.58. The highest BCUT2D eigenvalue weighted by molar-refractivity contribution is 5.29. The van der Waals surface area contributed by atoms with Crippen LogP contribution in [0.5, 0.6) is 5.75 Å². The van der Waals surface area contributed by atoms with E-state index in [-0.39, 0.29) is 6.61 Å². The van der Waals surface area contributed by atoms with E-state index in [4.69, 9.17) is 18.6 Å². The molecule has 1 unspecified atom stereocenters. The normalized spacial score (nSPS) is 13.3. The summed E-state index contributed by atoms with van der Waals surface area (Å²) in [5, 5.41) is 10.5. The molecule has 0 bridgehead atoms. The first kappa shape index (κ1) is 23.1. The number of rotatable bonds is 14. The van der Waals surface area contributed by atoms with Crippen molar-refractivity contribution in [3.05, 3.63) is 78.0 Å². The van der Waals surface area contributed by atoms with E-state index in [1.807, 2.05) is 24.3 Å². The van der Waals surface area contributed by atoms with E-state index in [1.165, 1.54) is 16.2 Å². The molecule has 2 atom stereocenters. The van der Waals surface area contributed by atoms with E-state index in [9.17, 15) is 5.11 Å². The molecule has 0 amide bonds. The van der Waals surface area contributed by atoms with Gasteiger partial charge in [-0.25, -0.2) is 0 Å². The largest absolute Gasteiger partial charge is 0.497 e. The molecular formula is C24H33N2O5+. The fourth-order valence-corrected chi connectivity index (χ4v) is 3.58. The van der Waals surface area contributed by atoms with Crippen molar-refractivity contribution in [1.29, 1.82) is 0 Å². The van der Waals surface area contributed by atoms with E-state index >= 15 is 0 Å². The molecule has 0 aliphatic rings. The van der Waals surface area contributed by atoms with E-state index < -0.39 is 6.10 Å². The quantitative estimate of drug-likeness (QED) is 0.409. The second-order valence-corrected chi connectivity index (χ2v) is 7.60. The van der Waals surface area contributed by atoms with Crippen molar-refractivity contribution in [3.8, 4) is 5.75 Å². The number of nitrogens with one attached hydrogen (secondary N) is 1. The van der Waals surface area contributed by atoms with Gasteiger partial charge in [0, 0.05) is 19.9 Å². The first-order valence-corrected chi connectivity index (χ1v) is 10.6. The zero-order chi connectivity index (χ0) is 21.9. The molecule has 1 aromatic carbocycles. The van der Waals surface area contributed by atoms with Crippen LogP contribution in [0.25, 0.3) is 0 Å². The van der Waals surface area contributed by atoms with Gasteiger partial charge in [-0.1, -0.05) is 12.1 Å². The molecule has 7 nitrogen and oxygen atoms in total. The molecule has 0 saturated carbocycles. The van der Waals surface area contributed by atoms with Gasteiger partial charge in [-0.2, -0.15) is 0 Å². The predicted molar refractivity (Wildman–Crippen MR) is 117 cm³/mol. The average Bonchev–Trinajstić information content (AvgIpc) is 3.44. The number of furan rings is 1. The zero-order valence-electron chi connectivity index (χ0n) is 18.3. The third kappa shape index (κ3) is 7.56. The second kappa shape index (κ2) is 12.3. The van der Waals surface area contributed by atoms with Crippen LogP contribution in [0.1, 0.15) is 17.0 Å². The van der Waals surface area contributed by atoms with E-state index in [1.54, 1.807) is 20.5 Å². The van der Waals surface area contributed by atoms with Gasteiger partial charge in [0.15, 0.2) is 0 Å². The summed E-state index contributed by atoms with van der Waals surface area (Å²) < 4.78 is 23.7. The molecule has 0 spiro atoms. The number of hydrogen-bond donors (Lipinski definition) is 2. The summed E-state index contributed by atoms with van der Waals surface area (Å²) in [7, 11) is 3.38. The smallest absolute Gasteiger partial charge is 0.129 e. The number of nitrogens with zero attached hydrogens (tertiary/aromatic N) is 1. The van der Waals surface area contributed by atoms with Crippen molar-refractivity contribution in [2.45, 2.75) is 25.8 Å². The maximum atomic E-state index is 10.5. The molecule has 7 heteroatoms. The SMILES string of the molecule is COCC[NH+](Cc1cccn1Cc1cccc(OC)c1)C[C@H](O)COCc1ccco1. The summed E-state index contributed by atoms with van der Waals surface area (Å²) in [5.74, 6) is 1.61. The van der Waals surface area contributed by atoms with Crippen LogP contribution in [0, 0.1) is 0 Å². The number of ether oxygens (including phenoxy) is 3. The Labute approximate surface area is 183 Å². The lowest BCUT2D eigenvalue weighted by Gasteiger charge is -2.23. The average molecular weight is 430 g/mol. The molecule has 168 valence electrons. The predicted octanol–water partition coefficient (Wildman–Crippen LogP) is 1.75. The molecule has 3 rings (SSSR count). The Morgan fingerprint density at radius 1 is 1.13 bits per heavy atom. The lowest BCUT2D eigenvalue weighted by Crippen LogP contribution is -3.12. The number of quaternary nitrogens is 1. The maximum Gasteiger partial charge on any atom is 0.129 e. The lowest BCUT2D eigenvalue weighted by atomic mass is 10.2. The van der Waals surface area contributed by atoms with Crippen molar-refractivity contribution in [2.75, 3.05) is 40.5 Å². The Bertz CT molecular complexity index is 878. The molecule has 0 saturated heterocycles. The fraction of sp³-hybridized carbons (Fsp3) is 0.417. The Morgan fingerprint density at radius 2 is 2.03 bits per heavy atom. The number of hydrogen-bond acceptors (Lipinski definition) is 5. The molecular weight excluding hydrogens is 396 g/mol. The topological polar surface area (TPSA) is 70.4 Å². The van der Waals surface area contributed by atoms with Gasteiger partial charge >= 0.3 is 0 Å². The Morgan fingerprint density at radius 3 is 2.81 bits per heavy atom. The van der Waals surface area contributed by atoms with Crippen LogP contribution in [-0.4, -0.2) is 56.3 Å². The number of aliphatic hydroxyl groups excluding tert-OH is 1. The van der Waals surface area contributed by atoms with Gasteiger partial charge in [0.2, 0.25) is 0 Å². The van der Waals surface area contributed by atoms with Gasteiger partial charge < -0.3 is 33.2 Å². The highest BCUT2D eigenvalue weighted by Gasteiger charge is 2.18. The van der Waals surface area contributed by atoms with Crippen molar-refractivity contribution in [1.82, 2.24) is 4.57 Å². The van der Waals surface area contributed by atoms with Crippen LogP contribution in [0.2, 0.25) is 0 Å². The minimum Gasteiger partial charge on any atom is -0.497 e. The molecule has 0 aliphatic heterocycles. The van der Waals surface area contributed by atoms with Crippen LogP contribution < -0.4 is 9.64 Å². The molecule has 2 N–H and O–H groups in total. The van der Waals surface area contributed by atoms with Crippen LogP contribution in [0.15, 0.2) is 65.4 Å². The molecule has 0 radical (unpaired) electrons. The molecule has 3 aromatic rings. The van der Waals surface area contributed by atoms with Crippen LogP contribution in [-0.2, 0) is 29.2 Å². The van der Waals surface area contributed by atoms with Gasteiger partial charge in [-0.3, -0.25) is 0 Å². The first-order valence-electron chi connectivity index (χ1n) is 10.6. The summed E-state index contributed by atoms with van der Waals surface area (Å²) >= 11 is 0. The summed E-state index contributed by atoms with van der Waals surface area (Å²) in [6.07, 6.45) is 3.14. The van der Waals surface area contributed by atoms with Gasteiger partial charge in [0.1, 0.15) is 43.9 Å². The maximum absolute atomic E-state index is 10.5. The van der Waals surface area contributed by atoms with Crippen LogP contribution >= 0.6 is 0 Å². The number of aliphatic hydroxyl groups is 1. The Kier molecular flexibility index (Phi) is 9.17. The second-order valence-electron chi connectivity index (χ2n) is 7.60. The number of aromatic nitrogens is 1. The Balaban J connectivity index is 1.56. The Hall–Kier alpha value is -2.58. The van der Waals surface area contributed by atoms with Crippen molar-refractivity contribution >= 4 is 0 Å². The number of benzene rings is 1. The van der Waals surface area contributed by atoms with Gasteiger partial charge in [-0.05, 0) is 42.0 Å². The summed E-state index contributed by atoms with van der Waals surface area (Å²) in [4.78, 5) is 1.24. The highest BCUT2D eigenvalue weighted by Crippen LogP contribution is 2.14. The highest BCUT2D eigenvalue weighted by atomic mass is 16.5. The van der Waals surface area contributed by atoms with E-state index in [0.29, 0.717) is 19.8 Å². The standard InChI is InChI=1S/C24H32N2O5/c1-28-13-11-25(17-22(27)18-30-19-24-9-5-12-31-24)16-21-7-4-10-26(21)15-20-6-3-8-23(14-20)29-2/h3-10,12,14,22,27H,11,13,15-19H2,1-2H3/p+1/t22-/m0/s1. The molecule has 2 heterocycles. The molecule has 2 aromatic heterocycles. The van der Waals surface area contributed by atoms with Crippen molar-refractivity contribution < 1.29 is 28.6 Å². The van der Waals surface area contributed by atoms with Crippen molar-refractivity contribution in [3.63, 3.8) is 0 Å². The van der Waals surface area contributed by atoms with Gasteiger partial charge in [0.05, 0.1) is 32.3 Å². The lowest BCUT2D eigenvalue weighted by molar-refractivity contribution is -0.917.